The monoisotopic (exact) mass is 516 g/mol. The molecule has 1 N–H and O–H groups in total. The standard InChI is InChI=1S/C28H21ClN2O4S/c1-3-13-35-20-6-4-5-18(14-20)24-23(25(32)17-9-7-16(2)8-10-17)26(33)27(34)31(24)28-30-21-12-11-19(29)15-22(21)36-28/h3-12,14-15,24,32H,1,13H2,2H3/b25-23+. The Bertz CT molecular complexity index is 1540. The zero-order valence-corrected chi connectivity index (χ0v) is 20.8. The summed E-state index contributed by atoms with van der Waals surface area (Å²) in [6.07, 6.45) is 1.63. The summed E-state index contributed by atoms with van der Waals surface area (Å²) in [5.41, 5.74) is 2.69. The van der Waals surface area contributed by atoms with Gasteiger partial charge in [-0.1, -0.05) is 77.6 Å². The first-order valence-electron chi connectivity index (χ1n) is 11.1. The number of thiazole rings is 1. The van der Waals surface area contributed by atoms with Gasteiger partial charge in [0.05, 0.1) is 21.8 Å². The Hall–Kier alpha value is -3.94. The van der Waals surface area contributed by atoms with Crippen LogP contribution in [0.15, 0.2) is 85.0 Å². The number of Topliss-reactive ketones (excluding diaryl/α,β-unsaturated/α-hetero) is 1. The molecule has 6 nitrogen and oxygen atoms in total. The molecule has 1 unspecified atom stereocenters. The molecule has 8 heteroatoms. The lowest BCUT2D eigenvalue weighted by Crippen LogP contribution is -2.29. The molecule has 5 rings (SSSR count). The van der Waals surface area contributed by atoms with Gasteiger partial charge in [0.1, 0.15) is 18.1 Å². The summed E-state index contributed by atoms with van der Waals surface area (Å²) in [6.45, 7) is 5.89. The Morgan fingerprint density at radius 1 is 1.17 bits per heavy atom. The van der Waals surface area contributed by atoms with Crippen LogP contribution in [0.25, 0.3) is 16.0 Å². The molecule has 1 aliphatic heterocycles. The average Bonchev–Trinajstić information content (AvgIpc) is 3.40. The van der Waals surface area contributed by atoms with Gasteiger partial charge in [-0.05, 0) is 42.8 Å². The first-order chi connectivity index (χ1) is 17.4. The number of ether oxygens (including phenoxy) is 1. The molecule has 2 heterocycles. The zero-order valence-electron chi connectivity index (χ0n) is 19.3. The van der Waals surface area contributed by atoms with Crippen molar-refractivity contribution in [2.45, 2.75) is 13.0 Å². The number of anilines is 1. The third-order valence-corrected chi connectivity index (χ3v) is 7.11. The molecule has 1 fully saturated rings. The molecule has 1 amide bonds. The van der Waals surface area contributed by atoms with Crippen molar-refractivity contribution in [3.8, 4) is 5.75 Å². The molecule has 1 saturated heterocycles. The first-order valence-corrected chi connectivity index (χ1v) is 12.3. The van der Waals surface area contributed by atoms with Crippen molar-refractivity contribution in [1.29, 1.82) is 0 Å². The van der Waals surface area contributed by atoms with Gasteiger partial charge in [-0.2, -0.15) is 0 Å². The van der Waals surface area contributed by atoms with Crippen LogP contribution in [0.1, 0.15) is 22.7 Å². The van der Waals surface area contributed by atoms with Crippen molar-refractivity contribution in [2.24, 2.45) is 0 Å². The zero-order chi connectivity index (χ0) is 25.4. The number of halogens is 1. The second-order valence-electron chi connectivity index (χ2n) is 8.32. The van der Waals surface area contributed by atoms with E-state index in [4.69, 9.17) is 16.3 Å². The fourth-order valence-electron chi connectivity index (χ4n) is 4.13. The maximum Gasteiger partial charge on any atom is 0.301 e. The lowest BCUT2D eigenvalue weighted by molar-refractivity contribution is -0.132. The number of carbonyl (C=O) groups excluding carboxylic acids is 2. The molecule has 1 atom stereocenters. The number of amides is 1. The third-order valence-electron chi connectivity index (χ3n) is 5.86. The molecular weight excluding hydrogens is 496 g/mol. The molecule has 36 heavy (non-hydrogen) atoms. The van der Waals surface area contributed by atoms with Gasteiger partial charge in [-0.25, -0.2) is 4.98 Å². The van der Waals surface area contributed by atoms with Crippen molar-refractivity contribution < 1.29 is 19.4 Å². The van der Waals surface area contributed by atoms with Crippen molar-refractivity contribution in [3.63, 3.8) is 0 Å². The number of hydrogen-bond donors (Lipinski definition) is 1. The highest BCUT2D eigenvalue weighted by atomic mass is 35.5. The van der Waals surface area contributed by atoms with Crippen LogP contribution in [0, 0.1) is 6.92 Å². The highest BCUT2D eigenvalue weighted by Gasteiger charge is 2.48. The number of fused-ring (bicyclic) bond motifs is 1. The number of aliphatic hydroxyl groups is 1. The largest absolute Gasteiger partial charge is 0.507 e. The van der Waals surface area contributed by atoms with E-state index in [1.807, 2.05) is 19.1 Å². The van der Waals surface area contributed by atoms with Crippen LogP contribution in [0.2, 0.25) is 5.02 Å². The van der Waals surface area contributed by atoms with Gasteiger partial charge in [-0.15, -0.1) is 0 Å². The van der Waals surface area contributed by atoms with Crippen molar-refractivity contribution >= 4 is 55.7 Å². The predicted molar refractivity (Wildman–Crippen MR) is 143 cm³/mol. The average molecular weight is 517 g/mol. The molecule has 0 bridgehead atoms. The number of nitrogens with zero attached hydrogens (tertiary/aromatic N) is 2. The van der Waals surface area contributed by atoms with Gasteiger partial charge in [0.25, 0.3) is 5.78 Å². The highest BCUT2D eigenvalue weighted by molar-refractivity contribution is 7.22. The summed E-state index contributed by atoms with van der Waals surface area (Å²) >= 11 is 7.40. The SMILES string of the molecule is C=CCOc1cccc(C2/C(=C(\O)c3ccc(C)cc3)C(=O)C(=O)N2c2nc3ccc(Cl)cc3s2)c1. The lowest BCUT2D eigenvalue weighted by atomic mass is 9.95. The Morgan fingerprint density at radius 2 is 1.94 bits per heavy atom. The Balaban J connectivity index is 1.71. The quantitative estimate of drug-likeness (QED) is 0.138. The number of aliphatic hydroxyl groups excluding tert-OH is 1. The molecule has 0 saturated carbocycles. The summed E-state index contributed by atoms with van der Waals surface area (Å²) < 4.78 is 6.47. The fraction of sp³-hybridized carbons (Fsp3) is 0.107. The van der Waals surface area contributed by atoms with E-state index in [1.165, 1.54) is 16.2 Å². The molecule has 1 aromatic heterocycles. The summed E-state index contributed by atoms with van der Waals surface area (Å²) in [5.74, 6) is -1.25. The maximum atomic E-state index is 13.4. The molecule has 4 aromatic rings. The van der Waals surface area contributed by atoms with Crippen LogP contribution in [0.4, 0.5) is 5.13 Å². The summed E-state index contributed by atoms with van der Waals surface area (Å²) in [4.78, 5) is 32.8. The second kappa shape index (κ2) is 9.60. The van der Waals surface area contributed by atoms with E-state index in [2.05, 4.69) is 11.6 Å². The number of hydrogen-bond acceptors (Lipinski definition) is 6. The van der Waals surface area contributed by atoms with E-state index < -0.39 is 17.7 Å². The highest BCUT2D eigenvalue weighted by Crippen LogP contribution is 2.45. The normalized spacial score (nSPS) is 17.1. The van der Waals surface area contributed by atoms with Gasteiger partial charge in [-0.3, -0.25) is 14.5 Å². The van der Waals surface area contributed by atoms with Crippen LogP contribution in [-0.2, 0) is 9.59 Å². The van der Waals surface area contributed by atoms with Gasteiger partial charge >= 0.3 is 5.91 Å². The molecule has 0 aliphatic carbocycles. The Kier molecular flexibility index (Phi) is 6.35. The van der Waals surface area contributed by atoms with E-state index in [9.17, 15) is 14.7 Å². The smallest absolute Gasteiger partial charge is 0.301 e. The van der Waals surface area contributed by atoms with Crippen LogP contribution >= 0.6 is 22.9 Å². The van der Waals surface area contributed by atoms with Gasteiger partial charge in [0, 0.05) is 10.6 Å². The van der Waals surface area contributed by atoms with E-state index in [-0.39, 0.29) is 11.3 Å². The minimum Gasteiger partial charge on any atom is -0.507 e. The van der Waals surface area contributed by atoms with Crippen LogP contribution in [0.3, 0.4) is 0 Å². The van der Waals surface area contributed by atoms with Crippen LogP contribution in [0.5, 0.6) is 5.75 Å². The van der Waals surface area contributed by atoms with Crippen LogP contribution in [-0.4, -0.2) is 28.4 Å². The minimum atomic E-state index is -0.908. The molecule has 1 aliphatic rings. The number of aromatic nitrogens is 1. The van der Waals surface area contributed by atoms with E-state index >= 15 is 0 Å². The number of carbonyl (C=O) groups is 2. The second-order valence-corrected chi connectivity index (χ2v) is 9.76. The molecule has 180 valence electrons. The van der Waals surface area contributed by atoms with Gasteiger partial charge in [0.15, 0.2) is 5.13 Å². The van der Waals surface area contributed by atoms with Gasteiger partial charge in [0.2, 0.25) is 0 Å². The molecule has 3 aromatic carbocycles. The topological polar surface area (TPSA) is 79.7 Å². The minimum absolute atomic E-state index is 0.0120. The summed E-state index contributed by atoms with van der Waals surface area (Å²) in [6, 6.07) is 18.5. The van der Waals surface area contributed by atoms with E-state index in [0.29, 0.717) is 39.2 Å². The van der Waals surface area contributed by atoms with E-state index in [1.54, 1.807) is 60.7 Å². The van der Waals surface area contributed by atoms with E-state index in [0.717, 1.165) is 10.3 Å². The number of rotatable bonds is 6. The number of benzene rings is 3. The summed E-state index contributed by atoms with van der Waals surface area (Å²) in [5, 5.41) is 12.2. The van der Waals surface area contributed by atoms with Crippen LogP contribution < -0.4 is 9.64 Å². The molecule has 0 spiro atoms. The predicted octanol–water partition coefficient (Wildman–Crippen LogP) is 6.45. The first kappa shape index (κ1) is 23.8. The van der Waals surface area contributed by atoms with Crippen molar-refractivity contribution in [1.82, 2.24) is 4.98 Å². The summed E-state index contributed by atoms with van der Waals surface area (Å²) in [7, 11) is 0. The van der Waals surface area contributed by atoms with Crippen molar-refractivity contribution in [2.75, 3.05) is 11.5 Å². The van der Waals surface area contributed by atoms with Gasteiger partial charge < -0.3 is 9.84 Å². The fourth-order valence-corrected chi connectivity index (χ4v) is 5.40. The number of aryl methyl sites for hydroxylation is 1. The number of ketones is 1. The van der Waals surface area contributed by atoms with Crippen molar-refractivity contribution in [3.05, 3.63) is 107 Å². The molecular formula is C28H21ClN2O4S. The lowest BCUT2D eigenvalue weighted by Gasteiger charge is -2.23. The Morgan fingerprint density at radius 3 is 2.69 bits per heavy atom. The molecule has 0 radical (unpaired) electrons. The maximum absolute atomic E-state index is 13.4. The third kappa shape index (κ3) is 4.27. The Labute approximate surface area is 216 Å².